The maximum atomic E-state index is 13.1. The van der Waals surface area contributed by atoms with Gasteiger partial charge in [-0.1, -0.05) is 30.3 Å². The van der Waals surface area contributed by atoms with Crippen LogP contribution in [0.4, 0.5) is 0 Å². The molecule has 1 saturated carbocycles. The fourth-order valence-electron chi connectivity index (χ4n) is 4.71. The van der Waals surface area contributed by atoms with Crippen molar-refractivity contribution in [2.75, 3.05) is 19.9 Å². The Labute approximate surface area is 205 Å². The van der Waals surface area contributed by atoms with E-state index in [0.29, 0.717) is 49.4 Å². The third kappa shape index (κ3) is 5.75. The first-order chi connectivity index (χ1) is 17.1. The molecule has 2 aromatic carbocycles. The quantitative estimate of drug-likeness (QED) is 0.609. The highest BCUT2D eigenvalue weighted by atomic mass is 16.7. The number of aryl methyl sites for hydroxylation is 1. The number of carbonyl (C=O) groups excluding carboxylic acids is 3. The first-order valence-electron chi connectivity index (χ1n) is 12.4. The van der Waals surface area contributed by atoms with Gasteiger partial charge in [-0.15, -0.1) is 0 Å². The van der Waals surface area contributed by atoms with Crippen LogP contribution in [-0.4, -0.2) is 54.6 Å². The van der Waals surface area contributed by atoms with Gasteiger partial charge < -0.3 is 25.0 Å². The number of piperidine rings is 1. The molecule has 0 bridgehead atoms. The molecule has 2 aromatic rings. The van der Waals surface area contributed by atoms with E-state index in [1.165, 1.54) is 0 Å². The number of nitrogens with one attached hydrogen (secondary N) is 2. The van der Waals surface area contributed by atoms with Crippen molar-refractivity contribution in [3.63, 3.8) is 0 Å². The van der Waals surface area contributed by atoms with Crippen LogP contribution in [0.15, 0.2) is 48.5 Å². The van der Waals surface area contributed by atoms with E-state index in [9.17, 15) is 14.4 Å². The Balaban J connectivity index is 1.19. The molecule has 5 rings (SSSR count). The second-order valence-electron chi connectivity index (χ2n) is 9.51. The van der Waals surface area contributed by atoms with Crippen LogP contribution in [0.2, 0.25) is 0 Å². The van der Waals surface area contributed by atoms with E-state index in [1.807, 2.05) is 35.2 Å². The third-order valence-electron chi connectivity index (χ3n) is 6.96. The summed E-state index contributed by atoms with van der Waals surface area (Å²) in [5.41, 5.74) is 1.57. The van der Waals surface area contributed by atoms with E-state index < -0.39 is 6.04 Å². The third-order valence-corrected chi connectivity index (χ3v) is 6.96. The van der Waals surface area contributed by atoms with Gasteiger partial charge in [0.15, 0.2) is 11.5 Å². The zero-order valence-corrected chi connectivity index (χ0v) is 19.7. The van der Waals surface area contributed by atoms with E-state index in [0.717, 1.165) is 24.8 Å². The Hall–Kier alpha value is -3.55. The van der Waals surface area contributed by atoms with Gasteiger partial charge in [0.1, 0.15) is 6.04 Å². The fraction of sp³-hybridized carbons (Fsp3) is 0.444. The van der Waals surface area contributed by atoms with Crippen molar-refractivity contribution in [2.24, 2.45) is 5.92 Å². The van der Waals surface area contributed by atoms with Crippen LogP contribution < -0.4 is 20.1 Å². The summed E-state index contributed by atoms with van der Waals surface area (Å²) in [7, 11) is 0. The summed E-state index contributed by atoms with van der Waals surface area (Å²) in [4.78, 5) is 40.7. The molecule has 35 heavy (non-hydrogen) atoms. The minimum atomic E-state index is -0.643. The monoisotopic (exact) mass is 477 g/mol. The number of ether oxygens (including phenoxy) is 2. The molecule has 3 amide bonds. The van der Waals surface area contributed by atoms with Gasteiger partial charge >= 0.3 is 0 Å². The summed E-state index contributed by atoms with van der Waals surface area (Å²) in [5, 5.41) is 6.01. The lowest BCUT2D eigenvalue weighted by atomic mass is 9.88. The predicted molar refractivity (Wildman–Crippen MR) is 129 cm³/mol. The molecule has 8 heteroatoms. The SMILES string of the molecule is O=C(NC(C(=O)NC1CC1)C1CCN(C(=O)CCc2ccccc2)CC1)c1ccc2c(c1)OCO2. The number of rotatable bonds is 8. The van der Waals surface area contributed by atoms with Gasteiger partial charge in [-0.25, -0.2) is 0 Å². The molecular formula is C27H31N3O5. The van der Waals surface area contributed by atoms with Crippen LogP contribution in [0, 0.1) is 5.92 Å². The first kappa shape index (κ1) is 23.2. The van der Waals surface area contributed by atoms with Crippen LogP contribution in [0.25, 0.3) is 0 Å². The molecule has 2 fully saturated rings. The molecule has 2 N–H and O–H groups in total. The van der Waals surface area contributed by atoms with Gasteiger partial charge in [0.2, 0.25) is 18.6 Å². The minimum absolute atomic E-state index is 0.0371. The van der Waals surface area contributed by atoms with Crippen molar-refractivity contribution in [3.8, 4) is 11.5 Å². The van der Waals surface area contributed by atoms with Gasteiger partial charge in [-0.3, -0.25) is 14.4 Å². The molecule has 1 saturated heterocycles. The number of amides is 3. The maximum absolute atomic E-state index is 13.1. The average molecular weight is 478 g/mol. The number of fused-ring (bicyclic) bond motifs is 1. The van der Waals surface area contributed by atoms with E-state index in [2.05, 4.69) is 10.6 Å². The summed E-state index contributed by atoms with van der Waals surface area (Å²) in [6.07, 6.45) is 4.48. The highest BCUT2D eigenvalue weighted by molar-refractivity contribution is 5.98. The molecule has 2 heterocycles. The number of nitrogens with zero attached hydrogens (tertiary/aromatic N) is 1. The topological polar surface area (TPSA) is 97.0 Å². The predicted octanol–water partition coefficient (Wildman–Crippen LogP) is 2.66. The first-order valence-corrected chi connectivity index (χ1v) is 12.4. The Morgan fingerprint density at radius 3 is 2.43 bits per heavy atom. The molecular weight excluding hydrogens is 446 g/mol. The summed E-state index contributed by atoms with van der Waals surface area (Å²) < 4.78 is 10.7. The highest BCUT2D eigenvalue weighted by Crippen LogP contribution is 2.32. The van der Waals surface area contributed by atoms with E-state index in [4.69, 9.17) is 9.47 Å². The second kappa shape index (κ2) is 10.4. The largest absolute Gasteiger partial charge is 0.454 e. The normalized spacial score (nSPS) is 18.1. The Bertz CT molecular complexity index is 1080. The van der Waals surface area contributed by atoms with Crippen molar-refractivity contribution < 1.29 is 23.9 Å². The van der Waals surface area contributed by atoms with Crippen molar-refractivity contribution in [3.05, 3.63) is 59.7 Å². The van der Waals surface area contributed by atoms with Crippen molar-refractivity contribution in [1.82, 2.24) is 15.5 Å². The zero-order chi connectivity index (χ0) is 24.2. The lowest BCUT2D eigenvalue weighted by molar-refractivity contribution is -0.133. The molecule has 0 aromatic heterocycles. The van der Waals surface area contributed by atoms with Crippen LogP contribution in [0.3, 0.4) is 0 Å². The molecule has 0 spiro atoms. The van der Waals surface area contributed by atoms with Crippen LogP contribution in [0.1, 0.15) is 48.0 Å². The molecule has 8 nitrogen and oxygen atoms in total. The van der Waals surface area contributed by atoms with Crippen LogP contribution in [-0.2, 0) is 16.0 Å². The lowest BCUT2D eigenvalue weighted by Gasteiger charge is -2.36. The fourth-order valence-corrected chi connectivity index (χ4v) is 4.71. The summed E-state index contributed by atoms with van der Waals surface area (Å²) in [6, 6.07) is 14.6. The zero-order valence-electron chi connectivity index (χ0n) is 19.7. The molecule has 0 radical (unpaired) electrons. The van der Waals surface area contributed by atoms with Gasteiger partial charge in [0.05, 0.1) is 0 Å². The molecule has 1 aliphatic carbocycles. The Kier molecular flexibility index (Phi) is 6.88. The van der Waals surface area contributed by atoms with Crippen LogP contribution in [0.5, 0.6) is 11.5 Å². The lowest BCUT2D eigenvalue weighted by Crippen LogP contribution is -2.54. The second-order valence-corrected chi connectivity index (χ2v) is 9.51. The molecule has 184 valence electrons. The average Bonchev–Trinajstić information content (AvgIpc) is 3.58. The number of carbonyl (C=O) groups is 3. The molecule has 2 aliphatic heterocycles. The van der Waals surface area contributed by atoms with E-state index >= 15 is 0 Å². The standard InChI is InChI=1S/C27H31N3O5/c31-24(11-6-18-4-2-1-3-5-18)30-14-12-19(13-15-30)25(27(33)28-21-8-9-21)29-26(32)20-7-10-22-23(16-20)35-17-34-22/h1-5,7,10,16,19,21,25H,6,8-9,11-15,17H2,(H,28,33)(H,29,32). The number of hydrogen-bond donors (Lipinski definition) is 2. The number of hydrogen-bond acceptors (Lipinski definition) is 5. The maximum Gasteiger partial charge on any atom is 0.252 e. The van der Waals surface area contributed by atoms with Gasteiger partial charge in [-0.05, 0) is 61.8 Å². The Morgan fingerprint density at radius 2 is 1.69 bits per heavy atom. The minimum Gasteiger partial charge on any atom is -0.454 e. The van der Waals surface area contributed by atoms with Crippen molar-refractivity contribution >= 4 is 17.7 Å². The smallest absolute Gasteiger partial charge is 0.252 e. The van der Waals surface area contributed by atoms with Crippen LogP contribution >= 0.6 is 0 Å². The highest BCUT2D eigenvalue weighted by Gasteiger charge is 2.36. The molecule has 1 unspecified atom stereocenters. The van der Waals surface area contributed by atoms with Crippen molar-refractivity contribution in [1.29, 1.82) is 0 Å². The molecule has 3 aliphatic rings. The summed E-state index contributed by atoms with van der Waals surface area (Å²) >= 11 is 0. The Morgan fingerprint density at radius 1 is 0.943 bits per heavy atom. The number of benzene rings is 2. The molecule has 1 atom stereocenters. The number of likely N-dealkylation sites (tertiary alicyclic amines) is 1. The van der Waals surface area contributed by atoms with E-state index in [1.54, 1.807) is 18.2 Å². The summed E-state index contributed by atoms with van der Waals surface area (Å²) in [5.74, 6) is 0.768. The summed E-state index contributed by atoms with van der Waals surface area (Å²) in [6.45, 7) is 1.31. The van der Waals surface area contributed by atoms with Crippen molar-refractivity contribution in [2.45, 2.75) is 50.6 Å². The van der Waals surface area contributed by atoms with E-state index in [-0.39, 0.29) is 36.5 Å². The van der Waals surface area contributed by atoms with Gasteiger partial charge in [-0.2, -0.15) is 0 Å². The van der Waals surface area contributed by atoms with Gasteiger partial charge in [0.25, 0.3) is 5.91 Å². The van der Waals surface area contributed by atoms with Gasteiger partial charge in [0, 0.05) is 31.1 Å².